The molecule has 1 atom stereocenters. The van der Waals surface area contributed by atoms with Crippen LogP contribution in [0.1, 0.15) is 5.56 Å². The van der Waals surface area contributed by atoms with E-state index in [1.165, 1.54) is 0 Å². The molecule has 0 fully saturated rings. The lowest BCUT2D eigenvalue weighted by molar-refractivity contribution is -0.142. The number of carbonyl (C=O) groups excluding carboxylic acids is 1. The van der Waals surface area contributed by atoms with E-state index in [9.17, 15) is 9.59 Å². The number of carboxylic acid groups (broad SMARTS) is 1. The van der Waals surface area contributed by atoms with Gasteiger partial charge in [0.25, 0.3) is 0 Å². The van der Waals surface area contributed by atoms with E-state index >= 15 is 0 Å². The summed E-state index contributed by atoms with van der Waals surface area (Å²) in [5.41, 5.74) is 0.824. The number of benzene rings is 1. The van der Waals surface area contributed by atoms with Gasteiger partial charge in [-0.1, -0.05) is 12.1 Å². The zero-order valence-corrected chi connectivity index (χ0v) is 10.9. The quantitative estimate of drug-likeness (QED) is 0.563. The summed E-state index contributed by atoms with van der Waals surface area (Å²) >= 11 is 0. The fourth-order valence-corrected chi connectivity index (χ4v) is 1.57. The van der Waals surface area contributed by atoms with Gasteiger partial charge < -0.3 is 14.9 Å². The van der Waals surface area contributed by atoms with Gasteiger partial charge in [-0.2, -0.15) is 0 Å². The highest BCUT2D eigenvalue weighted by atomic mass is 16.5. The third kappa shape index (κ3) is 4.69. The maximum atomic E-state index is 11.1. The number of aliphatic hydroxyl groups is 1. The predicted octanol–water partition coefficient (Wildman–Crippen LogP) is 0.142. The number of nitrogens with zero attached hydrogens (tertiary/aromatic N) is 1. The lowest BCUT2D eigenvalue weighted by Gasteiger charge is -2.19. The lowest BCUT2D eigenvalue weighted by Crippen LogP contribution is -2.37. The first-order valence-electron chi connectivity index (χ1n) is 5.73. The standard InChI is InChI=1S/C13H17NO5/c1-14(2)11(13(17)18)7-9-3-5-10(6-4-9)19-12(16)8-15/h3-6,11,15H,7-8H2,1-2H3,(H,17,18)/t11-/m0/s1. The number of hydrogen-bond acceptors (Lipinski definition) is 5. The van der Waals surface area contributed by atoms with Crippen molar-refractivity contribution in [2.24, 2.45) is 0 Å². The van der Waals surface area contributed by atoms with Crippen LogP contribution in [-0.2, 0) is 16.0 Å². The highest BCUT2D eigenvalue weighted by Crippen LogP contribution is 2.14. The van der Waals surface area contributed by atoms with Crippen molar-refractivity contribution in [1.29, 1.82) is 0 Å². The second-order valence-corrected chi connectivity index (χ2v) is 4.30. The molecule has 1 aromatic rings. The van der Waals surface area contributed by atoms with Gasteiger partial charge in [0, 0.05) is 0 Å². The predicted molar refractivity (Wildman–Crippen MR) is 68.0 cm³/mol. The first-order chi connectivity index (χ1) is 8.93. The Morgan fingerprint density at radius 2 is 1.84 bits per heavy atom. The number of carboxylic acids is 1. The second-order valence-electron chi connectivity index (χ2n) is 4.30. The van der Waals surface area contributed by atoms with Gasteiger partial charge in [-0.25, -0.2) is 4.79 Å². The fraction of sp³-hybridized carbons (Fsp3) is 0.385. The molecule has 0 saturated carbocycles. The molecule has 1 aromatic carbocycles. The molecular formula is C13H17NO5. The monoisotopic (exact) mass is 267 g/mol. The van der Waals surface area contributed by atoms with Crippen LogP contribution in [-0.4, -0.2) is 53.8 Å². The average molecular weight is 267 g/mol. The van der Waals surface area contributed by atoms with Gasteiger partial charge >= 0.3 is 11.9 Å². The fourth-order valence-electron chi connectivity index (χ4n) is 1.57. The zero-order chi connectivity index (χ0) is 14.4. The third-order valence-corrected chi connectivity index (χ3v) is 2.62. The number of esters is 1. The van der Waals surface area contributed by atoms with Gasteiger partial charge in [-0.15, -0.1) is 0 Å². The van der Waals surface area contributed by atoms with Crippen LogP contribution in [0.2, 0.25) is 0 Å². The zero-order valence-electron chi connectivity index (χ0n) is 10.9. The van der Waals surface area contributed by atoms with E-state index in [1.54, 1.807) is 43.3 Å². The molecule has 0 aliphatic heterocycles. The minimum Gasteiger partial charge on any atom is -0.480 e. The molecule has 104 valence electrons. The Bertz CT molecular complexity index is 441. The molecule has 2 N–H and O–H groups in total. The van der Waals surface area contributed by atoms with E-state index in [1.807, 2.05) is 0 Å². The van der Waals surface area contributed by atoms with Gasteiger partial charge in [0.15, 0.2) is 0 Å². The van der Waals surface area contributed by atoms with Crippen LogP contribution in [0, 0.1) is 0 Å². The van der Waals surface area contributed by atoms with Crippen LogP contribution < -0.4 is 4.74 Å². The summed E-state index contributed by atoms with van der Waals surface area (Å²) in [6.07, 6.45) is 0.358. The van der Waals surface area contributed by atoms with Gasteiger partial charge in [-0.3, -0.25) is 9.69 Å². The van der Waals surface area contributed by atoms with Crippen LogP contribution in [0.3, 0.4) is 0 Å². The smallest absolute Gasteiger partial charge is 0.337 e. The second kappa shape index (κ2) is 6.86. The van der Waals surface area contributed by atoms with Crippen molar-refractivity contribution < 1.29 is 24.5 Å². The van der Waals surface area contributed by atoms with Crippen molar-refractivity contribution in [3.8, 4) is 5.75 Å². The number of carbonyl (C=O) groups is 2. The Morgan fingerprint density at radius 3 is 2.26 bits per heavy atom. The normalized spacial score (nSPS) is 12.2. The molecule has 6 nitrogen and oxygen atoms in total. The average Bonchev–Trinajstić information content (AvgIpc) is 2.36. The molecule has 0 aliphatic carbocycles. The van der Waals surface area contributed by atoms with Crippen molar-refractivity contribution in [3.63, 3.8) is 0 Å². The SMILES string of the molecule is CN(C)[C@@H](Cc1ccc(OC(=O)CO)cc1)C(=O)O. The molecule has 0 amide bonds. The topological polar surface area (TPSA) is 87.1 Å². The largest absolute Gasteiger partial charge is 0.480 e. The van der Waals surface area contributed by atoms with E-state index in [0.717, 1.165) is 5.56 Å². The number of hydrogen-bond donors (Lipinski definition) is 2. The molecule has 0 radical (unpaired) electrons. The van der Waals surface area contributed by atoms with E-state index in [2.05, 4.69) is 0 Å². The van der Waals surface area contributed by atoms with Gasteiger partial charge in [0.1, 0.15) is 18.4 Å². The summed E-state index contributed by atoms with van der Waals surface area (Å²) in [4.78, 5) is 23.6. The molecule has 6 heteroatoms. The first kappa shape index (κ1) is 15.1. The minimum absolute atomic E-state index is 0.319. The molecule has 0 unspecified atom stereocenters. The number of ether oxygens (including phenoxy) is 1. The highest BCUT2D eigenvalue weighted by Gasteiger charge is 2.20. The van der Waals surface area contributed by atoms with Gasteiger partial charge in [-0.05, 0) is 38.2 Å². The minimum atomic E-state index is -0.888. The Hall–Kier alpha value is -1.92. The van der Waals surface area contributed by atoms with Crippen molar-refractivity contribution in [2.45, 2.75) is 12.5 Å². The van der Waals surface area contributed by atoms with Crippen LogP contribution >= 0.6 is 0 Å². The molecule has 0 spiro atoms. The summed E-state index contributed by atoms with van der Waals surface area (Å²) in [7, 11) is 3.41. The molecule has 0 saturated heterocycles. The Labute approximate surface area is 111 Å². The lowest BCUT2D eigenvalue weighted by atomic mass is 10.1. The number of aliphatic hydroxyl groups excluding tert-OH is 1. The molecule has 0 bridgehead atoms. The van der Waals surface area contributed by atoms with Gasteiger partial charge in [0.2, 0.25) is 0 Å². The number of rotatable bonds is 6. The number of aliphatic carboxylic acids is 1. The molecule has 1 rings (SSSR count). The van der Waals surface area contributed by atoms with Crippen LogP contribution in [0.25, 0.3) is 0 Å². The maximum absolute atomic E-state index is 11.1. The van der Waals surface area contributed by atoms with E-state index in [0.29, 0.717) is 12.2 Å². The summed E-state index contributed by atoms with van der Waals surface area (Å²) in [5, 5.41) is 17.6. The van der Waals surface area contributed by atoms with Crippen LogP contribution in [0.15, 0.2) is 24.3 Å². The molecule has 0 aromatic heterocycles. The molecule has 0 aliphatic rings. The van der Waals surface area contributed by atoms with Crippen LogP contribution in [0.4, 0.5) is 0 Å². The molecular weight excluding hydrogens is 250 g/mol. The highest BCUT2D eigenvalue weighted by molar-refractivity contribution is 5.74. The number of likely N-dealkylation sites (N-methyl/N-ethyl adjacent to an activating group) is 1. The van der Waals surface area contributed by atoms with Crippen molar-refractivity contribution in [3.05, 3.63) is 29.8 Å². The molecule has 19 heavy (non-hydrogen) atoms. The van der Waals surface area contributed by atoms with Gasteiger partial charge in [0.05, 0.1) is 0 Å². The Morgan fingerprint density at radius 1 is 1.26 bits per heavy atom. The van der Waals surface area contributed by atoms with E-state index in [4.69, 9.17) is 14.9 Å². The Balaban J connectivity index is 2.70. The van der Waals surface area contributed by atoms with Crippen molar-refractivity contribution in [1.82, 2.24) is 4.90 Å². The summed E-state index contributed by atoms with van der Waals surface area (Å²) in [6.45, 7) is -0.677. The summed E-state index contributed by atoms with van der Waals surface area (Å²) in [5.74, 6) is -1.30. The maximum Gasteiger partial charge on any atom is 0.337 e. The summed E-state index contributed by atoms with van der Waals surface area (Å²) in [6, 6.07) is 5.92. The third-order valence-electron chi connectivity index (χ3n) is 2.62. The van der Waals surface area contributed by atoms with Crippen molar-refractivity contribution in [2.75, 3.05) is 20.7 Å². The Kier molecular flexibility index (Phi) is 5.47. The van der Waals surface area contributed by atoms with E-state index < -0.39 is 24.6 Å². The van der Waals surface area contributed by atoms with Crippen molar-refractivity contribution >= 4 is 11.9 Å². The van der Waals surface area contributed by atoms with Crippen LogP contribution in [0.5, 0.6) is 5.75 Å². The summed E-state index contributed by atoms with van der Waals surface area (Å²) < 4.78 is 4.80. The molecule has 0 heterocycles. The van der Waals surface area contributed by atoms with E-state index in [-0.39, 0.29) is 0 Å². The first-order valence-corrected chi connectivity index (χ1v) is 5.73.